The van der Waals surface area contributed by atoms with Crippen molar-refractivity contribution in [3.8, 4) is 0 Å². The van der Waals surface area contributed by atoms with Crippen LogP contribution in [0.3, 0.4) is 0 Å². The Bertz CT molecular complexity index is 975. The largest absolute Gasteiger partial charge is 0.435 e. The van der Waals surface area contributed by atoms with E-state index in [2.05, 4.69) is 10.4 Å². The summed E-state index contributed by atoms with van der Waals surface area (Å²) in [4.78, 5) is 13.6. The molecule has 0 radical (unpaired) electrons. The Kier molecular flexibility index (Phi) is 5.55. The average Bonchev–Trinajstić information content (AvgIpc) is 3.04. The molecule has 1 N–H and O–H groups in total. The number of aromatic nitrogens is 2. The summed E-state index contributed by atoms with van der Waals surface area (Å²) < 4.78 is 69.4. The van der Waals surface area contributed by atoms with Crippen molar-refractivity contribution in [2.24, 2.45) is 5.41 Å². The Hall–Kier alpha value is -2.65. The van der Waals surface area contributed by atoms with Gasteiger partial charge in [0.25, 0.3) is 0 Å². The lowest BCUT2D eigenvalue weighted by Crippen LogP contribution is -2.34. The van der Waals surface area contributed by atoms with Gasteiger partial charge in [0.15, 0.2) is 17.3 Å². The Balaban J connectivity index is 1.86. The number of alkyl halides is 3. The third-order valence-corrected chi connectivity index (χ3v) is 4.77. The highest BCUT2D eigenvalue weighted by Crippen LogP contribution is 2.34. The van der Waals surface area contributed by atoms with Gasteiger partial charge in [-0.15, -0.1) is 0 Å². The zero-order valence-corrected chi connectivity index (χ0v) is 17.1. The van der Waals surface area contributed by atoms with Crippen molar-refractivity contribution in [3.63, 3.8) is 0 Å². The van der Waals surface area contributed by atoms with Crippen LogP contribution in [0.2, 0.25) is 0 Å². The predicted molar refractivity (Wildman–Crippen MR) is 102 cm³/mol. The van der Waals surface area contributed by atoms with Crippen molar-refractivity contribution >= 4 is 17.3 Å². The fourth-order valence-electron chi connectivity index (χ4n) is 3.40. The van der Waals surface area contributed by atoms with Gasteiger partial charge in [0.05, 0.1) is 30.2 Å². The highest BCUT2D eigenvalue weighted by Gasteiger charge is 2.36. The molecular weight excluding hydrogens is 407 g/mol. The van der Waals surface area contributed by atoms with Gasteiger partial charge in [-0.05, 0) is 30.0 Å². The average molecular weight is 430 g/mol. The Morgan fingerprint density at radius 2 is 1.80 bits per heavy atom. The maximum absolute atomic E-state index is 14.8. The minimum absolute atomic E-state index is 0.0470. The van der Waals surface area contributed by atoms with Crippen molar-refractivity contribution in [3.05, 3.63) is 40.7 Å². The number of nitrogens with one attached hydrogen (secondary N) is 1. The molecule has 3 rings (SSSR count). The van der Waals surface area contributed by atoms with E-state index in [0.29, 0.717) is 5.56 Å². The third kappa shape index (κ3) is 4.57. The number of halogens is 5. The van der Waals surface area contributed by atoms with Gasteiger partial charge in [0.2, 0.25) is 5.91 Å². The molecule has 164 valence electrons. The molecule has 0 saturated heterocycles. The number of carbonyl (C=O) groups is 1. The molecule has 1 aliphatic heterocycles. The number of amides is 1. The van der Waals surface area contributed by atoms with E-state index in [9.17, 15) is 26.7 Å². The number of fused-ring (bicyclic) bond motifs is 1. The van der Waals surface area contributed by atoms with Crippen LogP contribution in [-0.4, -0.2) is 22.2 Å². The van der Waals surface area contributed by atoms with Gasteiger partial charge in [-0.25, -0.2) is 8.78 Å². The van der Waals surface area contributed by atoms with Gasteiger partial charge in [-0.1, -0.05) is 20.8 Å². The van der Waals surface area contributed by atoms with E-state index in [0.717, 1.165) is 6.07 Å². The number of carbonyl (C=O) groups excluding carboxylic acids is 1. The standard InChI is InChI=1S/C20H23F5N4O/c1-11-7-13(16(21)17(22)18(11)26-15(30)9-19(2,3)4)28-5-6-29-12(10-28)8-14(27-29)20(23,24)25/h7-8H,5-6,9-10H2,1-4H3,(H,26,30). The van der Waals surface area contributed by atoms with Gasteiger partial charge < -0.3 is 10.2 Å². The fourth-order valence-corrected chi connectivity index (χ4v) is 3.40. The Morgan fingerprint density at radius 3 is 2.40 bits per heavy atom. The molecule has 2 heterocycles. The Labute approximate surface area is 170 Å². The van der Waals surface area contributed by atoms with E-state index >= 15 is 0 Å². The number of rotatable bonds is 3. The second-order valence-electron chi connectivity index (χ2n) is 8.66. The summed E-state index contributed by atoms with van der Waals surface area (Å²) in [7, 11) is 0. The summed E-state index contributed by atoms with van der Waals surface area (Å²) in [6.45, 7) is 7.32. The molecule has 1 aliphatic rings. The van der Waals surface area contributed by atoms with Crippen LogP contribution in [0.5, 0.6) is 0 Å². The topological polar surface area (TPSA) is 50.2 Å². The van der Waals surface area contributed by atoms with Gasteiger partial charge in [0.1, 0.15) is 0 Å². The SMILES string of the molecule is Cc1cc(N2CCn3nc(C(F)(F)F)cc3C2)c(F)c(F)c1NC(=O)CC(C)(C)C. The number of hydrogen-bond acceptors (Lipinski definition) is 3. The summed E-state index contributed by atoms with van der Waals surface area (Å²) in [6.07, 6.45) is -4.44. The maximum Gasteiger partial charge on any atom is 0.435 e. The number of benzene rings is 1. The molecule has 1 amide bonds. The van der Waals surface area contributed by atoms with Crippen LogP contribution < -0.4 is 10.2 Å². The molecule has 0 unspecified atom stereocenters. The summed E-state index contributed by atoms with van der Waals surface area (Å²) in [5.74, 6) is -2.78. The molecule has 5 nitrogen and oxygen atoms in total. The molecular formula is C20H23F5N4O. The lowest BCUT2D eigenvalue weighted by atomic mass is 9.92. The van der Waals surface area contributed by atoms with E-state index in [1.165, 1.54) is 22.6 Å². The minimum atomic E-state index is -4.57. The van der Waals surface area contributed by atoms with Crippen molar-refractivity contribution < 1.29 is 26.7 Å². The fraction of sp³-hybridized carbons (Fsp3) is 0.500. The normalized spacial score (nSPS) is 14.6. The van der Waals surface area contributed by atoms with Crippen LogP contribution in [0.1, 0.15) is 44.1 Å². The van der Waals surface area contributed by atoms with Crippen molar-refractivity contribution in [1.29, 1.82) is 0 Å². The highest BCUT2D eigenvalue weighted by atomic mass is 19.4. The summed E-state index contributed by atoms with van der Waals surface area (Å²) >= 11 is 0. The molecule has 30 heavy (non-hydrogen) atoms. The highest BCUT2D eigenvalue weighted by molar-refractivity contribution is 5.92. The molecule has 0 aliphatic carbocycles. The van der Waals surface area contributed by atoms with E-state index in [1.54, 1.807) is 0 Å². The Morgan fingerprint density at radius 1 is 1.13 bits per heavy atom. The first-order valence-corrected chi connectivity index (χ1v) is 9.43. The first kappa shape index (κ1) is 22.0. The van der Waals surface area contributed by atoms with E-state index in [1.807, 2.05) is 20.8 Å². The van der Waals surface area contributed by atoms with Crippen LogP contribution in [-0.2, 0) is 24.1 Å². The van der Waals surface area contributed by atoms with Crippen molar-refractivity contribution in [1.82, 2.24) is 9.78 Å². The minimum Gasteiger partial charge on any atom is -0.361 e. The molecule has 0 saturated carbocycles. The van der Waals surface area contributed by atoms with Gasteiger partial charge in [-0.2, -0.15) is 18.3 Å². The monoisotopic (exact) mass is 430 g/mol. The second kappa shape index (κ2) is 7.55. The number of hydrogen-bond donors (Lipinski definition) is 1. The first-order chi connectivity index (χ1) is 13.8. The van der Waals surface area contributed by atoms with Gasteiger partial charge in [-0.3, -0.25) is 9.48 Å². The first-order valence-electron chi connectivity index (χ1n) is 9.43. The number of aryl methyl sites for hydroxylation is 1. The van der Waals surface area contributed by atoms with Crippen molar-refractivity contribution in [2.75, 3.05) is 16.8 Å². The van der Waals surface area contributed by atoms with Crippen LogP contribution in [0.25, 0.3) is 0 Å². The lowest BCUT2D eigenvalue weighted by molar-refractivity contribution is -0.141. The van der Waals surface area contributed by atoms with E-state index in [4.69, 9.17) is 0 Å². The molecule has 2 aromatic rings. The molecule has 10 heteroatoms. The zero-order valence-electron chi connectivity index (χ0n) is 17.1. The molecule has 1 aromatic carbocycles. The van der Waals surface area contributed by atoms with Crippen LogP contribution >= 0.6 is 0 Å². The smallest absolute Gasteiger partial charge is 0.361 e. The molecule has 0 bridgehead atoms. The van der Waals surface area contributed by atoms with E-state index in [-0.39, 0.29) is 48.5 Å². The van der Waals surface area contributed by atoms with Crippen LogP contribution in [0.15, 0.2) is 12.1 Å². The molecule has 0 fully saturated rings. The molecule has 0 spiro atoms. The predicted octanol–water partition coefficient (Wildman–Crippen LogP) is 4.88. The maximum atomic E-state index is 14.8. The summed E-state index contributed by atoms with van der Waals surface area (Å²) in [6, 6.07) is 2.30. The third-order valence-electron chi connectivity index (χ3n) is 4.77. The summed E-state index contributed by atoms with van der Waals surface area (Å²) in [5.41, 5.74) is -1.06. The van der Waals surface area contributed by atoms with Crippen molar-refractivity contribution in [2.45, 2.75) is 53.4 Å². The lowest BCUT2D eigenvalue weighted by Gasteiger charge is -2.30. The zero-order chi connectivity index (χ0) is 22.4. The van der Waals surface area contributed by atoms with Crippen LogP contribution in [0, 0.1) is 24.0 Å². The quantitative estimate of drug-likeness (QED) is 0.706. The molecule has 0 atom stereocenters. The van der Waals surface area contributed by atoms with Crippen LogP contribution in [0.4, 0.5) is 33.3 Å². The van der Waals surface area contributed by atoms with Gasteiger partial charge >= 0.3 is 6.18 Å². The van der Waals surface area contributed by atoms with Gasteiger partial charge in [0, 0.05) is 13.0 Å². The van der Waals surface area contributed by atoms with E-state index < -0.39 is 29.4 Å². The molecule has 1 aromatic heterocycles. The summed E-state index contributed by atoms with van der Waals surface area (Å²) in [5, 5.41) is 5.96. The number of nitrogens with zero attached hydrogens (tertiary/aromatic N) is 3. The second-order valence-corrected chi connectivity index (χ2v) is 8.66. The number of anilines is 2.